The van der Waals surface area contributed by atoms with Crippen LogP contribution in [0.4, 0.5) is 11.6 Å². The summed E-state index contributed by atoms with van der Waals surface area (Å²) >= 11 is 0. The van der Waals surface area contributed by atoms with Crippen LogP contribution in [-0.2, 0) is 0 Å². The summed E-state index contributed by atoms with van der Waals surface area (Å²) < 4.78 is 4.84. The van der Waals surface area contributed by atoms with E-state index in [2.05, 4.69) is 15.5 Å². The Kier molecular flexibility index (Phi) is 3.40. The molecule has 3 rings (SSSR count). The van der Waals surface area contributed by atoms with Crippen molar-refractivity contribution >= 4 is 17.5 Å². The number of carbonyl (C=O) groups is 1. The van der Waals surface area contributed by atoms with Crippen LogP contribution in [0.25, 0.3) is 11.3 Å². The zero-order valence-corrected chi connectivity index (χ0v) is 11.1. The van der Waals surface area contributed by atoms with Gasteiger partial charge in [-0.25, -0.2) is 0 Å². The second-order valence-corrected chi connectivity index (χ2v) is 4.40. The molecule has 3 aromatic rings. The van der Waals surface area contributed by atoms with Crippen LogP contribution < -0.4 is 5.32 Å². The van der Waals surface area contributed by atoms with E-state index in [0.29, 0.717) is 5.69 Å². The minimum atomic E-state index is -0.698. The van der Waals surface area contributed by atoms with E-state index >= 15 is 0 Å². The first-order chi connectivity index (χ1) is 10.6. The standard InChI is InChI=1S/C14H10N4O4/c19-14(12-5-6-13(22-12)18(20)21)16-10-3-1-9(2-4-10)11-7-8-15-17-11/h1-8H,(H,15,17)(H,16,19). The Labute approximate surface area is 123 Å². The van der Waals surface area contributed by atoms with Crippen molar-refractivity contribution in [1.82, 2.24) is 10.2 Å². The average Bonchev–Trinajstić information content (AvgIpc) is 3.20. The Balaban J connectivity index is 1.72. The minimum absolute atomic E-state index is 0.121. The van der Waals surface area contributed by atoms with E-state index in [1.165, 1.54) is 6.07 Å². The number of rotatable bonds is 4. The van der Waals surface area contributed by atoms with E-state index in [-0.39, 0.29) is 5.76 Å². The van der Waals surface area contributed by atoms with Crippen LogP contribution in [0.15, 0.2) is 53.1 Å². The van der Waals surface area contributed by atoms with E-state index in [1.807, 2.05) is 18.2 Å². The van der Waals surface area contributed by atoms with Crippen molar-refractivity contribution in [3.63, 3.8) is 0 Å². The minimum Gasteiger partial charge on any atom is -0.395 e. The molecule has 0 aliphatic carbocycles. The number of hydrogen-bond donors (Lipinski definition) is 2. The Morgan fingerprint density at radius 1 is 1.18 bits per heavy atom. The molecule has 0 saturated carbocycles. The quantitative estimate of drug-likeness (QED) is 0.567. The van der Waals surface area contributed by atoms with Crippen molar-refractivity contribution in [2.24, 2.45) is 0 Å². The summed E-state index contributed by atoms with van der Waals surface area (Å²) in [4.78, 5) is 21.7. The molecule has 0 fully saturated rings. The van der Waals surface area contributed by atoms with Gasteiger partial charge in [0, 0.05) is 11.9 Å². The van der Waals surface area contributed by atoms with Crippen LogP contribution in [-0.4, -0.2) is 21.0 Å². The molecule has 0 radical (unpaired) electrons. The van der Waals surface area contributed by atoms with E-state index in [4.69, 9.17) is 4.42 Å². The lowest BCUT2D eigenvalue weighted by atomic mass is 10.1. The van der Waals surface area contributed by atoms with Crippen molar-refractivity contribution in [1.29, 1.82) is 0 Å². The second kappa shape index (κ2) is 5.52. The molecular formula is C14H10N4O4. The van der Waals surface area contributed by atoms with E-state index in [0.717, 1.165) is 17.3 Å². The Hall–Kier alpha value is -3.42. The number of amides is 1. The molecular weight excluding hydrogens is 288 g/mol. The molecule has 2 heterocycles. The van der Waals surface area contributed by atoms with Gasteiger partial charge in [0.25, 0.3) is 5.91 Å². The van der Waals surface area contributed by atoms with Crippen LogP contribution in [0.1, 0.15) is 10.6 Å². The fraction of sp³-hybridized carbons (Fsp3) is 0. The van der Waals surface area contributed by atoms with Crippen molar-refractivity contribution in [3.8, 4) is 11.3 Å². The first-order valence-corrected chi connectivity index (χ1v) is 6.29. The van der Waals surface area contributed by atoms with Crippen LogP contribution in [0, 0.1) is 10.1 Å². The number of nitro groups is 1. The van der Waals surface area contributed by atoms with Gasteiger partial charge < -0.3 is 9.73 Å². The first kappa shape index (κ1) is 13.6. The lowest BCUT2D eigenvalue weighted by molar-refractivity contribution is -0.402. The lowest BCUT2D eigenvalue weighted by Gasteiger charge is -2.04. The number of carbonyl (C=O) groups excluding carboxylic acids is 1. The molecule has 0 aliphatic rings. The summed E-state index contributed by atoms with van der Waals surface area (Å²) in [5.41, 5.74) is 2.33. The SMILES string of the molecule is O=C(Nc1ccc(-c2ccn[nH]2)cc1)c1ccc([N+](=O)[O-])o1. The predicted molar refractivity (Wildman–Crippen MR) is 77.3 cm³/mol. The Morgan fingerprint density at radius 3 is 2.55 bits per heavy atom. The topological polar surface area (TPSA) is 114 Å². The van der Waals surface area contributed by atoms with E-state index in [1.54, 1.807) is 18.3 Å². The number of aromatic nitrogens is 2. The maximum Gasteiger partial charge on any atom is 0.433 e. The molecule has 22 heavy (non-hydrogen) atoms. The zero-order chi connectivity index (χ0) is 15.5. The van der Waals surface area contributed by atoms with Crippen molar-refractivity contribution in [2.45, 2.75) is 0 Å². The third-order valence-corrected chi connectivity index (χ3v) is 2.95. The number of aromatic amines is 1. The first-order valence-electron chi connectivity index (χ1n) is 6.29. The summed E-state index contributed by atoms with van der Waals surface area (Å²) in [6, 6.07) is 11.3. The van der Waals surface area contributed by atoms with Gasteiger partial charge in [0.15, 0.2) is 5.76 Å². The van der Waals surface area contributed by atoms with Gasteiger partial charge in [0.05, 0.1) is 11.8 Å². The number of anilines is 1. The highest BCUT2D eigenvalue weighted by Gasteiger charge is 2.17. The maximum absolute atomic E-state index is 11.9. The maximum atomic E-state index is 11.9. The van der Waals surface area contributed by atoms with E-state index < -0.39 is 16.7 Å². The molecule has 2 N–H and O–H groups in total. The number of hydrogen-bond acceptors (Lipinski definition) is 5. The van der Waals surface area contributed by atoms with Crippen LogP contribution in [0.3, 0.4) is 0 Å². The summed E-state index contributed by atoms with van der Waals surface area (Å²) in [5.74, 6) is -1.15. The largest absolute Gasteiger partial charge is 0.433 e. The summed E-state index contributed by atoms with van der Waals surface area (Å²) in [6.45, 7) is 0. The molecule has 0 spiro atoms. The van der Waals surface area contributed by atoms with Crippen molar-refractivity contribution in [3.05, 3.63) is 64.5 Å². The van der Waals surface area contributed by atoms with Gasteiger partial charge in [-0.1, -0.05) is 12.1 Å². The van der Waals surface area contributed by atoms with Gasteiger partial charge in [0.2, 0.25) is 0 Å². The predicted octanol–water partition coefficient (Wildman–Crippen LogP) is 2.83. The number of H-pyrrole nitrogens is 1. The molecule has 0 unspecified atom stereocenters. The Morgan fingerprint density at radius 2 is 1.95 bits per heavy atom. The molecule has 2 aromatic heterocycles. The fourth-order valence-electron chi connectivity index (χ4n) is 1.89. The molecule has 1 aromatic carbocycles. The molecule has 0 saturated heterocycles. The summed E-state index contributed by atoms with van der Waals surface area (Å²) in [5, 5.41) is 19.8. The zero-order valence-electron chi connectivity index (χ0n) is 11.1. The smallest absolute Gasteiger partial charge is 0.395 e. The third-order valence-electron chi connectivity index (χ3n) is 2.95. The number of nitrogens with one attached hydrogen (secondary N) is 2. The van der Waals surface area contributed by atoms with Crippen LogP contribution in [0.2, 0.25) is 0 Å². The van der Waals surface area contributed by atoms with E-state index in [9.17, 15) is 14.9 Å². The number of furan rings is 1. The van der Waals surface area contributed by atoms with Gasteiger partial charge in [-0.05, 0) is 29.8 Å². The van der Waals surface area contributed by atoms with Crippen molar-refractivity contribution < 1.29 is 14.1 Å². The molecule has 0 aliphatic heterocycles. The van der Waals surface area contributed by atoms with Gasteiger partial charge >= 0.3 is 5.88 Å². The monoisotopic (exact) mass is 298 g/mol. The Bertz CT molecular complexity index is 806. The number of benzene rings is 1. The highest BCUT2D eigenvalue weighted by molar-refractivity contribution is 6.02. The van der Waals surface area contributed by atoms with Gasteiger partial charge in [-0.15, -0.1) is 0 Å². The third kappa shape index (κ3) is 2.70. The molecule has 1 amide bonds. The fourth-order valence-corrected chi connectivity index (χ4v) is 1.89. The molecule has 0 atom stereocenters. The second-order valence-electron chi connectivity index (χ2n) is 4.40. The molecule has 110 valence electrons. The van der Waals surface area contributed by atoms with Gasteiger partial charge in [-0.3, -0.25) is 20.0 Å². The molecule has 8 heteroatoms. The summed E-state index contributed by atoms with van der Waals surface area (Å²) in [6.07, 6.45) is 1.65. The van der Waals surface area contributed by atoms with Crippen LogP contribution >= 0.6 is 0 Å². The normalized spacial score (nSPS) is 10.4. The van der Waals surface area contributed by atoms with Gasteiger partial charge in [-0.2, -0.15) is 5.10 Å². The van der Waals surface area contributed by atoms with Crippen LogP contribution in [0.5, 0.6) is 0 Å². The summed E-state index contributed by atoms with van der Waals surface area (Å²) in [7, 11) is 0. The average molecular weight is 298 g/mol. The van der Waals surface area contributed by atoms with Gasteiger partial charge in [0.1, 0.15) is 4.92 Å². The molecule has 0 bridgehead atoms. The highest BCUT2D eigenvalue weighted by atomic mass is 16.6. The number of nitrogens with zero attached hydrogens (tertiary/aromatic N) is 2. The molecule has 8 nitrogen and oxygen atoms in total. The lowest BCUT2D eigenvalue weighted by Crippen LogP contribution is -2.10. The van der Waals surface area contributed by atoms with Crippen molar-refractivity contribution in [2.75, 3.05) is 5.32 Å². The highest BCUT2D eigenvalue weighted by Crippen LogP contribution is 2.20.